The van der Waals surface area contributed by atoms with Gasteiger partial charge < -0.3 is 9.64 Å². The van der Waals surface area contributed by atoms with Crippen LogP contribution in [-0.4, -0.2) is 46.2 Å². The van der Waals surface area contributed by atoms with Crippen LogP contribution >= 0.6 is 0 Å². The van der Waals surface area contributed by atoms with Crippen molar-refractivity contribution in [1.82, 2.24) is 9.88 Å². The highest BCUT2D eigenvalue weighted by Gasteiger charge is 2.44. The summed E-state index contributed by atoms with van der Waals surface area (Å²) >= 11 is 0. The molecule has 8 nitrogen and oxygen atoms in total. The molecule has 1 fully saturated rings. The molecule has 0 saturated carbocycles. The molecule has 1 aromatic heterocycles. The van der Waals surface area contributed by atoms with Gasteiger partial charge in [-0.1, -0.05) is 26.8 Å². The minimum absolute atomic E-state index is 0.103. The van der Waals surface area contributed by atoms with Crippen LogP contribution in [0.3, 0.4) is 0 Å². The Morgan fingerprint density at radius 3 is 2.42 bits per heavy atom. The van der Waals surface area contributed by atoms with Gasteiger partial charge in [-0.2, -0.15) is 0 Å². The van der Waals surface area contributed by atoms with E-state index in [0.717, 1.165) is 10.5 Å². The standard InChI is InChI=1S/C25H29N3O5/c1-5-33-24(32)18-8-10-19(11-9-18)28-21(29)13-20(23(28)31)27(22(30)14-25(2,3)4)16-17-7-6-12-26-15-17/h6-12,15,20H,5,13-14,16H2,1-4H3. The zero-order valence-corrected chi connectivity index (χ0v) is 19.4. The van der Waals surface area contributed by atoms with E-state index in [1.165, 1.54) is 29.2 Å². The molecule has 0 spiro atoms. The third-order valence-corrected chi connectivity index (χ3v) is 5.21. The van der Waals surface area contributed by atoms with Gasteiger partial charge in [0.05, 0.1) is 24.3 Å². The van der Waals surface area contributed by atoms with E-state index < -0.39 is 23.8 Å². The number of hydrogen-bond acceptors (Lipinski definition) is 6. The molecule has 33 heavy (non-hydrogen) atoms. The number of hydrogen-bond donors (Lipinski definition) is 0. The molecule has 8 heteroatoms. The largest absolute Gasteiger partial charge is 0.462 e. The lowest BCUT2D eigenvalue weighted by Crippen LogP contribution is -2.46. The van der Waals surface area contributed by atoms with E-state index in [1.54, 1.807) is 25.4 Å². The van der Waals surface area contributed by atoms with Gasteiger partial charge in [-0.05, 0) is 48.2 Å². The summed E-state index contributed by atoms with van der Waals surface area (Å²) in [4.78, 5) is 57.9. The van der Waals surface area contributed by atoms with Crippen molar-refractivity contribution in [2.45, 2.75) is 53.1 Å². The molecule has 0 aliphatic carbocycles. The molecule has 3 rings (SSSR count). The Labute approximate surface area is 193 Å². The van der Waals surface area contributed by atoms with Crippen LogP contribution in [0.1, 0.15) is 56.5 Å². The summed E-state index contributed by atoms with van der Waals surface area (Å²) in [6, 6.07) is 8.79. The van der Waals surface area contributed by atoms with Gasteiger partial charge in [-0.25, -0.2) is 9.69 Å². The number of imide groups is 1. The number of carbonyl (C=O) groups excluding carboxylic acids is 4. The summed E-state index contributed by atoms with van der Waals surface area (Å²) in [5, 5.41) is 0. The van der Waals surface area contributed by atoms with Crippen LogP contribution in [0.5, 0.6) is 0 Å². The molecule has 0 N–H and O–H groups in total. The van der Waals surface area contributed by atoms with Crippen molar-refractivity contribution < 1.29 is 23.9 Å². The number of amides is 3. The van der Waals surface area contributed by atoms with E-state index >= 15 is 0 Å². The third kappa shape index (κ3) is 5.83. The highest BCUT2D eigenvalue weighted by molar-refractivity contribution is 6.23. The number of ether oxygens (including phenoxy) is 1. The monoisotopic (exact) mass is 451 g/mol. The minimum atomic E-state index is -0.905. The van der Waals surface area contributed by atoms with Gasteiger partial charge in [0.25, 0.3) is 5.91 Å². The lowest BCUT2D eigenvalue weighted by atomic mass is 9.91. The third-order valence-electron chi connectivity index (χ3n) is 5.21. The maximum atomic E-state index is 13.3. The van der Waals surface area contributed by atoms with Crippen molar-refractivity contribution in [1.29, 1.82) is 0 Å². The fourth-order valence-corrected chi connectivity index (χ4v) is 3.71. The Balaban J connectivity index is 1.86. The van der Waals surface area contributed by atoms with Gasteiger partial charge in [0.2, 0.25) is 11.8 Å². The molecule has 174 valence electrons. The number of benzene rings is 1. The maximum Gasteiger partial charge on any atom is 0.338 e. The molecular weight excluding hydrogens is 422 g/mol. The van der Waals surface area contributed by atoms with Crippen molar-refractivity contribution in [2.24, 2.45) is 5.41 Å². The number of rotatable bonds is 7. The maximum absolute atomic E-state index is 13.3. The number of esters is 1. The lowest BCUT2D eigenvalue weighted by molar-refractivity contribution is -0.140. The first-order chi connectivity index (χ1) is 15.6. The molecule has 0 radical (unpaired) electrons. The predicted octanol–water partition coefficient (Wildman–Crippen LogP) is 3.36. The molecule has 3 amide bonds. The van der Waals surface area contributed by atoms with Gasteiger partial charge in [-0.15, -0.1) is 0 Å². The van der Waals surface area contributed by atoms with Crippen LogP contribution in [0.4, 0.5) is 5.69 Å². The van der Waals surface area contributed by atoms with Crippen LogP contribution in [0.15, 0.2) is 48.8 Å². The Hall–Kier alpha value is -3.55. The molecule has 0 bridgehead atoms. The smallest absolute Gasteiger partial charge is 0.338 e. The Morgan fingerprint density at radius 2 is 1.85 bits per heavy atom. The second-order valence-corrected chi connectivity index (χ2v) is 9.18. The minimum Gasteiger partial charge on any atom is -0.462 e. The fourth-order valence-electron chi connectivity index (χ4n) is 3.71. The van der Waals surface area contributed by atoms with Crippen molar-refractivity contribution in [3.63, 3.8) is 0 Å². The predicted molar refractivity (Wildman–Crippen MR) is 122 cm³/mol. The van der Waals surface area contributed by atoms with Gasteiger partial charge in [0.1, 0.15) is 6.04 Å². The van der Waals surface area contributed by atoms with E-state index in [0.29, 0.717) is 11.3 Å². The highest BCUT2D eigenvalue weighted by atomic mass is 16.5. The topological polar surface area (TPSA) is 96.9 Å². The van der Waals surface area contributed by atoms with E-state index in [-0.39, 0.29) is 37.3 Å². The Kier molecular flexibility index (Phi) is 7.26. The number of anilines is 1. The van der Waals surface area contributed by atoms with Gasteiger partial charge >= 0.3 is 5.97 Å². The van der Waals surface area contributed by atoms with E-state index in [9.17, 15) is 19.2 Å². The first-order valence-electron chi connectivity index (χ1n) is 10.9. The molecule has 1 aromatic carbocycles. The molecule has 1 saturated heterocycles. The molecular formula is C25H29N3O5. The lowest BCUT2D eigenvalue weighted by Gasteiger charge is -2.30. The molecule has 1 atom stereocenters. The fraction of sp³-hybridized carbons (Fsp3) is 0.400. The second-order valence-electron chi connectivity index (χ2n) is 9.18. The quantitative estimate of drug-likeness (QED) is 0.473. The van der Waals surface area contributed by atoms with E-state index in [1.807, 2.05) is 26.8 Å². The summed E-state index contributed by atoms with van der Waals surface area (Å²) in [7, 11) is 0. The van der Waals surface area contributed by atoms with Crippen LogP contribution in [0.25, 0.3) is 0 Å². The molecule has 1 aliphatic rings. The van der Waals surface area contributed by atoms with Crippen LogP contribution in [0.2, 0.25) is 0 Å². The van der Waals surface area contributed by atoms with Crippen molar-refractivity contribution in [3.05, 3.63) is 59.9 Å². The number of pyridine rings is 1. The normalized spacial score (nSPS) is 16.1. The average Bonchev–Trinajstić information content (AvgIpc) is 3.05. The van der Waals surface area contributed by atoms with Crippen molar-refractivity contribution >= 4 is 29.4 Å². The molecule has 1 unspecified atom stereocenters. The second kappa shape index (κ2) is 9.94. The van der Waals surface area contributed by atoms with Gasteiger partial charge in [0, 0.05) is 25.4 Å². The Morgan fingerprint density at radius 1 is 1.15 bits per heavy atom. The average molecular weight is 452 g/mol. The summed E-state index contributed by atoms with van der Waals surface area (Å²) in [5.41, 5.74) is 1.18. The summed E-state index contributed by atoms with van der Waals surface area (Å²) in [5.74, 6) is -1.53. The van der Waals surface area contributed by atoms with Gasteiger partial charge in [-0.3, -0.25) is 19.4 Å². The van der Waals surface area contributed by atoms with Gasteiger partial charge in [0.15, 0.2) is 0 Å². The first kappa shape index (κ1) is 24.1. The zero-order chi connectivity index (χ0) is 24.2. The SMILES string of the molecule is CCOC(=O)c1ccc(N2C(=O)CC(N(Cc3cccnc3)C(=O)CC(C)(C)C)C2=O)cc1. The summed E-state index contributed by atoms with van der Waals surface area (Å²) in [6.07, 6.45) is 3.41. The number of aromatic nitrogens is 1. The molecule has 2 heterocycles. The molecule has 1 aliphatic heterocycles. The van der Waals surface area contributed by atoms with Crippen molar-refractivity contribution in [2.75, 3.05) is 11.5 Å². The van der Waals surface area contributed by atoms with Crippen LogP contribution in [-0.2, 0) is 25.7 Å². The molecule has 2 aromatic rings. The van der Waals surface area contributed by atoms with Crippen LogP contribution in [0, 0.1) is 5.41 Å². The van der Waals surface area contributed by atoms with Crippen molar-refractivity contribution in [3.8, 4) is 0 Å². The van der Waals surface area contributed by atoms with Crippen LogP contribution < -0.4 is 4.90 Å². The van der Waals surface area contributed by atoms with E-state index in [2.05, 4.69) is 4.98 Å². The summed E-state index contributed by atoms with van der Waals surface area (Å²) in [6.45, 7) is 8.00. The zero-order valence-electron chi connectivity index (χ0n) is 19.4. The summed E-state index contributed by atoms with van der Waals surface area (Å²) < 4.78 is 4.97. The number of carbonyl (C=O) groups is 4. The highest BCUT2D eigenvalue weighted by Crippen LogP contribution is 2.29. The number of nitrogens with zero attached hydrogens (tertiary/aromatic N) is 3. The van der Waals surface area contributed by atoms with E-state index in [4.69, 9.17) is 4.74 Å². The first-order valence-corrected chi connectivity index (χ1v) is 10.9. The Bertz CT molecular complexity index is 1030.